The van der Waals surface area contributed by atoms with Gasteiger partial charge in [-0.05, 0) is 48.6 Å². The number of hydrogen-bond donors (Lipinski definition) is 1. The standard InChI is InChI=1S/C21H21F3O2.C3H6/c1-13(7-9-17-10-11-19(25)21(24)20(17)23)6-8-14(2)15(3)12-18(22)16(4)26-5;1-3-2/h6,8,10-12,25H,1-4,7,9H2,5H3;3H,1H2,2H3/b8-6-,18-12+;. The number of phenols is 1. The highest BCUT2D eigenvalue weighted by Gasteiger charge is 2.12. The average Bonchev–Trinajstić information content (AvgIpc) is 2.69. The Hall–Kier alpha value is -3.21. The molecule has 29 heavy (non-hydrogen) atoms. The smallest absolute Gasteiger partial charge is 0.200 e. The van der Waals surface area contributed by atoms with Crippen molar-refractivity contribution < 1.29 is 23.0 Å². The zero-order valence-corrected chi connectivity index (χ0v) is 16.9. The number of rotatable bonds is 9. The molecule has 0 bridgehead atoms. The van der Waals surface area contributed by atoms with E-state index in [9.17, 15) is 13.2 Å². The summed E-state index contributed by atoms with van der Waals surface area (Å²) in [6, 6.07) is 2.43. The number of halogens is 3. The predicted octanol–water partition coefficient (Wildman–Crippen LogP) is 7.03. The van der Waals surface area contributed by atoms with Crippen LogP contribution in [0.15, 0.2) is 97.6 Å². The SMILES string of the molecule is C=C(/C=C\C(=C)C(=C)/C=C(/F)C(=C)OC)CCc1ccc(O)c(F)c1F.C=CC. The Balaban J connectivity index is 0.00000245. The number of aromatic hydroxyl groups is 1. The quantitative estimate of drug-likeness (QED) is 0.272. The fourth-order valence-corrected chi connectivity index (χ4v) is 1.90. The minimum atomic E-state index is -1.26. The lowest BCUT2D eigenvalue weighted by Crippen LogP contribution is -1.95. The lowest BCUT2D eigenvalue weighted by Gasteiger charge is -2.06. The number of methoxy groups -OCH3 is 1. The Morgan fingerprint density at radius 3 is 2.21 bits per heavy atom. The maximum Gasteiger partial charge on any atom is 0.200 e. The van der Waals surface area contributed by atoms with Crippen LogP contribution in [0.25, 0.3) is 0 Å². The number of allylic oxidation sites excluding steroid dienone is 8. The second-order valence-electron chi connectivity index (χ2n) is 5.94. The van der Waals surface area contributed by atoms with E-state index in [1.807, 2.05) is 6.92 Å². The lowest BCUT2D eigenvalue weighted by molar-refractivity contribution is 0.285. The van der Waals surface area contributed by atoms with E-state index in [-0.39, 0.29) is 17.7 Å². The summed E-state index contributed by atoms with van der Waals surface area (Å²) < 4.78 is 45.3. The van der Waals surface area contributed by atoms with Gasteiger partial charge in [0.2, 0.25) is 5.82 Å². The van der Waals surface area contributed by atoms with Gasteiger partial charge in [0, 0.05) is 0 Å². The van der Waals surface area contributed by atoms with Crippen LogP contribution in [-0.4, -0.2) is 12.2 Å². The monoisotopic (exact) mass is 404 g/mol. The summed E-state index contributed by atoms with van der Waals surface area (Å²) in [6.45, 7) is 19.9. The molecule has 0 aliphatic carbocycles. The van der Waals surface area contributed by atoms with Crippen LogP contribution in [0.1, 0.15) is 18.9 Å². The van der Waals surface area contributed by atoms with Gasteiger partial charge < -0.3 is 9.84 Å². The van der Waals surface area contributed by atoms with E-state index < -0.39 is 23.2 Å². The van der Waals surface area contributed by atoms with Crippen molar-refractivity contribution in [2.45, 2.75) is 19.8 Å². The molecule has 0 saturated carbocycles. The van der Waals surface area contributed by atoms with Crippen LogP contribution < -0.4 is 0 Å². The minimum absolute atomic E-state index is 0.115. The molecule has 1 aromatic rings. The zero-order valence-electron chi connectivity index (χ0n) is 16.9. The first-order valence-corrected chi connectivity index (χ1v) is 8.66. The van der Waals surface area contributed by atoms with Crippen LogP contribution in [0.4, 0.5) is 13.2 Å². The minimum Gasteiger partial charge on any atom is -0.505 e. The first-order chi connectivity index (χ1) is 13.6. The van der Waals surface area contributed by atoms with Crippen molar-refractivity contribution in [2.75, 3.05) is 7.11 Å². The van der Waals surface area contributed by atoms with Gasteiger partial charge in [0.1, 0.15) is 5.76 Å². The van der Waals surface area contributed by atoms with E-state index in [1.54, 1.807) is 18.2 Å². The van der Waals surface area contributed by atoms with E-state index in [4.69, 9.17) is 5.11 Å². The first kappa shape index (κ1) is 25.8. The third-order valence-corrected chi connectivity index (χ3v) is 3.60. The van der Waals surface area contributed by atoms with Crippen LogP contribution in [-0.2, 0) is 11.2 Å². The normalized spacial score (nSPS) is 10.7. The molecule has 0 atom stereocenters. The number of hydrogen-bond acceptors (Lipinski definition) is 2. The van der Waals surface area contributed by atoms with Crippen molar-refractivity contribution in [3.05, 3.63) is 115 Å². The van der Waals surface area contributed by atoms with Crippen LogP contribution >= 0.6 is 0 Å². The Morgan fingerprint density at radius 1 is 1.07 bits per heavy atom. The Morgan fingerprint density at radius 2 is 1.66 bits per heavy atom. The third kappa shape index (κ3) is 9.02. The van der Waals surface area contributed by atoms with E-state index in [1.165, 1.54) is 13.2 Å². The van der Waals surface area contributed by atoms with Crippen LogP contribution in [0.5, 0.6) is 5.75 Å². The molecule has 0 aliphatic heterocycles. The van der Waals surface area contributed by atoms with Crippen LogP contribution in [0, 0.1) is 11.6 Å². The highest BCUT2D eigenvalue weighted by atomic mass is 19.2. The molecular weight excluding hydrogens is 377 g/mol. The van der Waals surface area contributed by atoms with Gasteiger partial charge in [-0.2, -0.15) is 4.39 Å². The molecule has 0 heterocycles. The summed E-state index contributed by atoms with van der Waals surface area (Å²) in [4.78, 5) is 0. The predicted molar refractivity (Wildman–Crippen MR) is 114 cm³/mol. The van der Waals surface area contributed by atoms with Crippen molar-refractivity contribution in [3.63, 3.8) is 0 Å². The Bertz CT molecular complexity index is 846. The summed E-state index contributed by atoms with van der Waals surface area (Å²) in [7, 11) is 1.31. The van der Waals surface area contributed by atoms with Crippen LogP contribution in [0.3, 0.4) is 0 Å². The summed E-state index contributed by atoms with van der Waals surface area (Å²) in [6.07, 6.45) is 6.70. The highest BCUT2D eigenvalue weighted by molar-refractivity contribution is 5.46. The zero-order chi connectivity index (χ0) is 22.6. The van der Waals surface area contributed by atoms with E-state index in [0.717, 1.165) is 12.1 Å². The van der Waals surface area contributed by atoms with E-state index in [0.29, 0.717) is 23.1 Å². The number of phenolic OH excluding ortho intramolecular Hbond substituents is 1. The number of ether oxygens (including phenoxy) is 1. The molecule has 0 amide bonds. The van der Waals surface area contributed by atoms with Gasteiger partial charge in [-0.25, -0.2) is 8.78 Å². The topological polar surface area (TPSA) is 29.5 Å². The number of aryl methyl sites for hydroxylation is 1. The number of benzene rings is 1. The average molecular weight is 404 g/mol. The first-order valence-electron chi connectivity index (χ1n) is 8.66. The maximum absolute atomic E-state index is 13.7. The summed E-state index contributed by atoms with van der Waals surface area (Å²) >= 11 is 0. The summed E-state index contributed by atoms with van der Waals surface area (Å²) in [5.41, 5.74) is 1.56. The van der Waals surface area contributed by atoms with Crippen molar-refractivity contribution in [1.82, 2.24) is 0 Å². The van der Waals surface area contributed by atoms with Crippen molar-refractivity contribution in [2.24, 2.45) is 0 Å². The molecule has 0 radical (unpaired) electrons. The molecule has 0 unspecified atom stereocenters. The molecular formula is C24H27F3O2. The maximum atomic E-state index is 13.7. The molecule has 0 aromatic heterocycles. The largest absolute Gasteiger partial charge is 0.505 e. The van der Waals surface area contributed by atoms with E-state index in [2.05, 4.69) is 37.6 Å². The second kappa shape index (κ2) is 13.0. The van der Waals surface area contributed by atoms with Gasteiger partial charge in [0.25, 0.3) is 0 Å². The molecule has 2 nitrogen and oxygen atoms in total. The highest BCUT2D eigenvalue weighted by Crippen LogP contribution is 2.23. The molecule has 0 spiro atoms. The van der Waals surface area contributed by atoms with Gasteiger partial charge >= 0.3 is 0 Å². The third-order valence-electron chi connectivity index (χ3n) is 3.60. The molecule has 1 aromatic carbocycles. The summed E-state index contributed by atoms with van der Waals surface area (Å²) in [5, 5.41) is 9.11. The van der Waals surface area contributed by atoms with Gasteiger partial charge in [-0.15, -0.1) is 6.58 Å². The molecule has 0 fully saturated rings. The van der Waals surface area contributed by atoms with Gasteiger partial charge in [0.15, 0.2) is 17.4 Å². The second-order valence-corrected chi connectivity index (χ2v) is 5.94. The molecule has 0 saturated heterocycles. The van der Waals surface area contributed by atoms with Gasteiger partial charge in [0.05, 0.1) is 7.11 Å². The Labute approximate surface area is 171 Å². The molecule has 1 rings (SSSR count). The molecule has 5 heteroatoms. The fraction of sp³-hybridized carbons (Fsp3) is 0.167. The van der Waals surface area contributed by atoms with E-state index >= 15 is 0 Å². The molecule has 0 aliphatic rings. The fourth-order valence-electron chi connectivity index (χ4n) is 1.90. The molecule has 1 N–H and O–H groups in total. The Kier molecular flexibility index (Phi) is 11.6. The van der Waals surface area contributed by atoms with Gasteiger partial charge in [-0.1, -0.05) is 56.2 Å². The van der Waals surface area contributed by atoms with Crippen molar-refractivity contribution in [1.29, 1.82) is 0 Å². The van der Waals surface area contributed by atoms with Crippen molar-refractivity contribution in [3.8, 4) is 5.75 Å². The van der Waals surface area contributed by atoms with Gasteiger partial charge in [-0.3, -0.25) is 0 Å². The summed E-state index contributed by atoms with van der Waals surface area (Å²) in [5.74, 6) is -3.83. The van der Waals surface area contributed by atoms with Crippen LogP contribution in [0.2, 0.25) is 0 Å². The molecule has 156 valence electrons. The van der Waals surface area contributed by atoms with Crippen molar-refractivity contribution >= 4 is 0 Å². The lowest BCUT2D eigenvalue weighted by atomic mass is 10.0.